The van der Waals surface area contributed by atoms with Crippen LogP contribution in [-0.4, -0.2) is 119 Å². The minimum Gasteiger partial charge on any atom is -0.462 e. The summed E-state index contributed by atoms with van der Waals surface area (Å²) in [5, 5.41) is 47.6. The maximum atomic E-state index is 13.6. The fraction of sp³-hybridized carbons (Fsp3) is 0.645. The van der Waals surface area contributed by atoms with E-state index in [2.05, 4.69) is 20.9 Å². The van der Waals surface area contributed by atoms with Gasteiger partial charge in [0.25, 0.3) is 5.91 Å². The Hall–Kier alpha value is -4.07. The van der Waals surface area contributed by atoms with E-state index in [-0.39, 0.29) is 42.6 Å². The maximum absolute atomic E-state index is 13.6. The number of carbonyl (C=O) groups excluding carboxylic acids is 4. The molecule has 0 aliphatic carbocycles. The number of aliphatic hydroxyl groups is 4. The zero-order chi connectivity index (χ0) is 36.7. The second-order valence-corrected chi connectivity index (χ2v) is 12.3. The number of benzene rings is 1. The average Bonchev–Trinajstić information content (AvgIpc) is 3.05. The molecule has 15 N–H and O–H groups in total. The molecule has 1 heterocycles. The molecule has 18 heteroatoms. The van der Waals surface area contributed by atoms with E-state index in [1.54, 1.807) is 0 Å². The monoisotopic (exact) mass is 696 g/mol. The molecule has 1 aliphatic rings. The van der Waals surface area contributed by atoms with Gasteiger partial charge >= 0.3 is 0 Å². The summed E-state index contributed by atoms with van der Waals surface area (Å²) in [7, 11) is 0. The van der Waals surface area contributed by atoms with E-state index in [9.17, 15) is 39.6 Å². The first-order valence-electron chi connectivity index (χ1n) is 16.2. The van der Waals surface area contributed by atoms with Crippen LogP contribution in [0.3, 0.4) is 0 Å². The van der Waals surface area contributed by atoms with E-state index in [0.717, 1.165) is 0 Å². The normalized spacial score (nSPS) is 22.3. The van der Waals surface area contributed by atoms with Crippen molar-refractivity contribution in [1.29, 1.82) is 0 Å². The van der Waals surface area contributed by atoms with Crippen molar-refractivity contribution >= 4 is 29.6 Å². The first-order chi connectivity index (χ1) is 23.2. The molecule has 0 bridgehead atoms. The van der Waals surface area contributed by atoms with Crippen molar-refractivity contribution in [2.45, 2.75) is 101 Å². The molecule has 1 fully saturated rings. The van der Waals surface area contributed by atoms with E-state index >= 15 is 0 Å². The molecule has 8 atom stereocenters. The van der Waals surface area contributed by atoms with Crippen molar-refractivity contribution in [1.82, 2.24) is 16.0 Å². The van der Waals surface area contributed by atoms with Crippen LogP contribution >= 0.6 is 0 Å². The Labute approximate surface area is 285 Å². The van der Waals surface area contributed by atoms with Crippen molar-refractivity contribution < 1.29 is 49.1 Å². The Kier molecular flexibility index (Phi) is 17.1. The summed E-state index contributed by atoms with van der Waals surface area (Å²) in [5.74, 6) is -2.57. The Morgan fingerprint density at radius 3 is 2.00 bits per heavy atom. The quantitative estimate of drug-likeness (QED) is 0.0361. The molecular formula is C31H52N8O10. The van der Waals surface area contributed by atoms with E-state index in [1.165, 1.54) is 24.3 Å². The van der Waals surface area contributed by atoms with E-state index < -0.39 is 79.1 Å². The van der Waals surface area contributed by atoms with Crippen molar-refractivity contribution in [2.75, 3.05) is 19.7 Å². The van der Waals surface area contributed by atoms with Gasteiger partial charge in [0.15, 0.2) is 5.96 Å². The lowest BCUT2D eigenvalue weighted by atomic mass is 9.99. The third-order valence-electron chi connectivity index (χ3n) is 7.73. The highest BCUT2D eigenvalue weighted by molar-refractivity contribution is 5.98. The standard InChI is InChI=1S/C31H52N8O10/c1-16(2)14-21(26(33)44)39-29(47)20(7-5-13-36-31(34)35)38-28(46)19(6-3-4-12-32)37-27(45)17-8-10-18(11-9-17)48-30-25(43)24(42)23(41)22(15-40)49-30/h8-11,16,19-25,30,40-43H,3-7,12-15,32H2,1-2H3,(H2,33,44)(H,37,45)(H,38,46)(H,39,47)(H4,34,35,36)/t19-,20-,21-,22+,23-,24-,25+,30+/m0/s1. The van der Waals surface area contributed by atoms with Crippen LogP contribution in [0.1, 0.15) is 62.7 Å². The zero-order valence-electron chi connectivity index (χ0n) is 27.9. The molecule has 1 saturated heterocycles. The number of amides is 4. The summed E-state index contributed by atoms with van der Waals surface area (Å²) >= 11 is 0. The minimum absolute atomic E-state index is 0.0446. The summed E-state index contributed by atoms with van der Waals surface area (Å²) in [5.41, 5.74) is 22.1. The number of aliphatic imine (C=N–C) groups is 1. The van der Waals surface area contributed by atoms with Crippen molar-refractivity contribution in [3.8, 4) is 5.75 Å². The Morgan fingerprint density at radius 2 is 1.45 bits per heavy atom. The lowest BCUT2D eigenvalue weighted by Gasteiger charge is -2.39. The second kappa shape index (κ2) is 20.4. The number of unbranched alkanes of at least 4 members (excludes halogenated alkanes) is 1. The molecule has 0 spiro atoms. The number of primary amides is 1. The highest BCUT2D eigenvalue weighted by Gasteiger charge is 2.44. The second-order valence-electron chi connectivity index (χ2n) is 12.3. The highest BCUT2D eigenvalue weighted by Crippen LogP contribution is 2.24. The number of rotatable bonds is 20. The summed E-state index contributed by atoms with van der Waals surface area (Å²) < 4.78 is 10.9. The van der Waals surface area contributed by atoms with Crippen LogP contribution in [-0.2, 0) is 19.1 Å². The fourth-order valence-electron chi connectivity index (χ4n) is 5.02. The predicted octanol–water partition coefficient (Wildman–Crippen LogP) is -3.35. The number of nitrogens with one attached hydrogen (secondary N) is 3. The third-order valence-corrected chi connectivity index (χ3v) is 7.73. The molecule has 0 unspecified atom stereocenters. The number of hydrogen-bond acceptors (Lipinski definition) is 12. The van der Waals surface area contributed by atoms with Crippen LogP contribution in [0.4, 0.5) is 0 Å². The van der Waals surface area contributed by atoms with Crippen molar-refractivity contribution in [2.24, 2.45) is 33.8 Å². The van der Waals surface area contributed by atoms with Gasteiger partial charge in [0.1, 0.15) is 48.3 Å². The first kappa shape index (κ1) is 41.1. The number of aliphatic hydroxyl groups excluding tert-OH is 4. The summed E-state index contributed by atoms with van der Waals surface area (Å²) in [6.45, 7) is 3.65. The molecule has 0 aromatic heterocycles. The van der Waals surface area contributed by atoms with E-state index in [4.69, 9.17) is 32.4 Å². The van der Waals surface area contributed by atoms with Crippen molar-refractivity contribution in [3.63, 3.8) is 0 Å². The summed E-state index contributed by atoms with van der Waals surface area (Å²) in [4.78, 5) is 56.0. The largest absolute Gasteiger partial charge is 0.462 e. The van der Waals surface area contributed by atoms with Crippen LogP contribution in [0.5, 0.6) is 5.75 Å². The smallest absolute Gasteiger partial charge is 0.251 e. The molecule has 0 radical (unpaired) electrons. The van der Waals surface area contributed by atoms with E-state index in [1.807, 2.05) is 13.8 Å². The van der Waals surface area contributed by atoms with Crippen LogP contribution in [0.25, 0.3) is 0 Å². The van der Waals surface area contributed by atoms with Crippen LogP contribution in [0, 0.1) is 5.92 Å². The molecular weight excluding hydrogens is 644 g/mol. The molecule has 18 nitrogen and oxygen atoms in total. The van der Waals surface area contributed by atoms with Crippen LogP contribution in [0.2, 0.25) is 0 Å². The van der Waals surface area contributed by atoms with Gasteiger partial charge in [0.2, 0.25) is 24.0 Å². The van der Waals surface area contributed by atoms with Gasteiger partial charge in [-0.25, -0.2) is 0 Å². The molecule has 1 aromatic carbocycles. The minimum atomic E-state index is -1.63. The van der Waals surface area contributed by atoms with Gasteiger partial charge in [-0.3, -0.25) is 24.2 Å². The Morgan fingerprint density at radius 1 is 0.857 bits per heavy atom. The lowest BCUT2D eigenvalue weighted by Crippen LogP contribution is -2.60. The van der Waals surface area contributed by atoms with Gasteiger partial charge < -0.3 is 68.8 Å². The number of guanidine groups is 1. The molecule has 1 aliphatic heterocycles. The average molecular weight is 697 g/mol. The van der Waals surface area contributed by atoms with Gasteiger partial charge in [0.05, 0.1) is 6.61 Å². The first-order valence-corrected chi connectivity index (χ1v) is 16.2. The third kappa shape index (κ3) is 13.4. The number of nitrogens with zero attached hydrogens (tertiary/aromatic N) is 1. The maximum Gasteiger partial charge on any atom is 0.251 e. The summed E-state index contributed by atoms with van der Waals surface area (Å²) in [6.07, 6.45) is -5.41. The number of nitrogens with two attached hydrogens (primary N) is 4. The zero-order valence-corrected chi connectivity index (χ0v) is 27.9. The molecule has 0 saturated carbocycles. The number of hydrogen-bond donors (Lipinski definition) is 11. The molecule has 4 amide bonds. The van der Waals surface area contributed by atoms with Gasteiger partial charge in [-0.1, -0.05) is 13.8 Å². The fourth-order valence-corrected chi connectivity index (χ4v) is 5.02. The van der Waals surface area contributed by atoms with Gasteiger partial charge in [-0.05, 0) is 75.3 Å². The molecule has 1 aromatic rings. The molecule has 49 heavy (non-hydrogen) atoms. The van der Waals surface area contributed by atoms with Crippen LogP contribution < -0.4 is 43.6 Å². The number of ether oxygens (including phenoxy) is 2. The lowest BCUT2D eigenvalue weighted by molar-refractivity contribution is -0.277. The summed E-state index contributed by atoms with van der Waals surface area (Å²) in [6, 6.07) is 2.43. The SMILES string of the molecule is CC(C)C[C@H](NC(=O)[C@H](CCCN=C(N)N)NC(=O)[C@H](CCCCN)NC(=O)c1ccc(O[C@@H]2O[C@H](CO)[C@H](O)[C@H](O)[C@H]2O)cc1)C(N)=O. The topological polar surface area (TPSA) is 320 Å². The predicted molar refractivity (Wildman–Crippen MR) is 177 cm³/mol. The van der Waals surface area contributed by atoms with Crippen LogP contribution in [0.15, 0.2) is 29.3 Å². The van der Waals surface area contributed by atoms with Gasteiger partial charge in [-0.2, -0.15) is 0 Å². The van der Waals surface area contributed by atoms with Gasteiger partial charge in [0, 0.05) is 12.1 Å². The number of carbonyl (C=O) groups is 4. The Bertz CT molecular complexity index is 1250. The Balaban J connectivity index is 2.18. The molecule has 276 valence electrons. The highest BCUT2D eigenvalue weighted by atomic mass is 16.7. The van der Waals surface area contributed by atoms with Gasteiger partial charge in [-0.15, -0.1) is 0 Å². The molecule has 2 rings (SSSR count). The van der Waals surface area contributed by atoms with Crippen molar-refractivity contribution in [3.05, 3.63) is 29.8 Å². The van der Waals surface area contributed by atoms with E-state index in [0.29, 0.717) is 32.2 Å².